The molecular formula is C25H26ClN5O2S2. The summed E-state index contributed by atoms with van der Waals surface area (Å²) in [5.41, 5.74) is 3.00. The van der Waals surface area contributed by atoms with Crippen molar-refractivity contribution in [1.82, 2.24) is 19.7 Å². The molecule has 0 aliphatic rings. The number of benzene rings is 2. The predicted octanol–water partition coefficient (Wildman–Crippen LogP) is 6.51. The van der Waals surface area contributed by atoms with Crippen LogP contribution in [-0.4, -0.2) is 31.4 Å². The van der Waals surface area contributed by atoms with E-state index in [0.717, 1.165) is 29.3 Å². The molecule has 0 radical (unpaired) electrons. The Balaban J connectivity index is 1.34. The molecule has 0 aliphatic heterocycles. The SMILES string of the molecule is CCc1ccc(OC(C)c2nnc(SCC(=O)Nc3nc(-c4ccc(Cl)cc4)cs3)n2CC)cc1. The second kappa shape index (κ2) is 11.7. The monoisotopic (exact) mass is 527 g/mol. The molecule has 10 heteroatoms. The fraction of sp³-hybridized carbons (Fsp3) is 0.280. The molecule has 1 unspecified atom stereocenters. The molecule has 2 heterocycles. The number of carbonyl (C=O) groups excluding carboxylic acids is 1. The lowest BCUT2D eigenvalue weighted by Gasteiger charge is -2.15. The summed E-state index contributed by atoms with van der Waals surface area (Å²) in [5.74, 6) is 1.55. The Morgan fingerprint density at radius 1 is 1.14 bits per heavy atom. The molecule has 0 spiro atoms. The molecule has 182 valence electrons. The summed E-state index contributed by atoms with van der Waals surface area (Å²) in [6.07, 6.45) is 0.708. The molecule has 0 saturated heterocycles. The zero-order valence-electron chi connectivity index (χ0n) is 19.7. The zero-order valence-corrected chi connectivity index (χ0v) is 22.1. The lowest BCUT2D eigenvalue weighted by molar-refractivity contribution is -0.113. The number of halogens is 1. The highest BCUT2D eigenvalue weighted by Gasteiger charge is 2.20. The standard InChI is InChI=1S/C25H26ClN5O2S2/c1-4-17-6-12-20(13-7-17)33-16(3)23-29-30-25(31(23)5-2)35-15-22(32)28-24-27-21(14-34-24)18-8-10-19(26)11-9-18/h6-14,16H,4-5,15H2,1-3H3,(H,27,28,32). The van der Waals surface area contributed by atoms with E-state index in [4.69, 9.17) is 16.3 Å². The number of thioether (sulfide) groups is 1. The summed E-state index contributed by atoms with van der Waals surface area (Å²) in [6.45, 7) is 6.77. The maximum Gasteiger partial charge on any atom is 0.236 e. The maximum absolute atomic E-state index is 12.5. The van der Waals surface area contributed by atoms with Gasteiger partial charge in [-0.1, -0.05) is 54.6 Å². The minimum Gasteiger partial charge on any atom is -0.483 e. The van der Waals surface area contributed by atoms with E-state index in [9.17, 15) is 4.79 Å². The first-order valence-electron chi connectivity index (χ1n) is 11.3. The van der Waals surface area contributed by atoms with Crippen molar-refractivity contribution in [3.63, 3.8) is 0 Å². The molecular weight excluding hydrogens is 502 g/mol. The van der Waals surface area contributed by atoms with Gasteiger partial charge in [0.15, 0.2) is 22.2 Å². The Labute approximate surface area is 217 Å². The van der Waals surface area contributed by atoms with Gasteiger partial charge in [0.2, 0.25) is 5.91 Å². The molecule has 1 atom stereocenters. The zero-order chi connectivity index (χ0) is 24.8. The second-order valence-corrected chi connectivity index (χ2v) is 9.96. The van der Waals surface area contributed by atoms with E-state index in [0.29, 0.717) is 21.9 Å². The molecule has 7 nitrogen and oxygen atoms in total. The number of rotatable bonds is 10. The van der Waals surface area contributed by atoms with Gasteiger partial charge in [-0.05, 0) is 50.1 Å². The molecule has 0 saturated carbocycles. The lowest BCUT2D eigenvalue weighted by atomic mass is 10.2. The van der Waals surface area contributed by atoms with E-state index in [1.165, 1.54) is 28.7 Å². The van der Waals surface area contributed by atoms with Crippen molar-refractivity contribution >= 4 is 45.7 Å². The van der Waals surface area contributed by atoms with E-state index in [1.54, 1.807) is 0 Å². The first kappa shape index (κ1) is 25.2. The minimum absolute atomic E-state index is 0.153. The molecule has 1 amide bonds. The Kier molecular flexibility index (Phi) is 8.43. The fourth-order valence-corrected chi connectivity index (χ4v) is 5.11. The highest BCUT2D eigenvalue weighted by atomic mass is 35.5. The first-order valence-corrected chi connectivity index (χ1v) is 13.5. The largest absolute Gasteiger partial charge is 0.483 e. The quantitative estimate of drug-likeness (QED) is 0.237. The van der Waals surface area contributed by atoms with Crippen LogP contribution in [0.3, 0.4) is 0 Å². The third-order valence-corrected chi connectivity index (χ3v) is 7.27. The number of thiazole rings is 1. The smallest absolute Gasteiger partial charge is 0.236 e. The summed E-state index contributed by atoms with van der Waals surface area (Å²) >= 11 is 8.67. The van der Waals surface area contributed by atoms with Crippen LogP contribution in [0, 0.1) is 0 Å². The van der Waals surface area contributed by atoms with Crippen molar-refractivity contribution in [3.05, 3.63) is 70.3 Å². The Hall–Kier alpha value is -2.88. The van der Waals surface area contributed by atoms with Gasteiger partial charge in [-0.2, -0.15) is 0 Å². The van der Waals surface area contributed by atoms with Crippen LogP contribution in [0.5, 0.6) is 5.75 Å². The molecule has 4 rings (SSSR count). The van der Waals surface area contributed by atoms with Crippen LogP contribution >= 0.6 is 34.7 Å². The number of anilines is 1. The Morgan fingerprint density at radius 3 is 2.57 bits per heavy atom. The van der Waals surface area contributed by atoms with Crippen molar-refractivity contribution < 1.29 is 9.53 Å². The van der Waals surface area contributed by atoms with E-state index < -0.39 is 0 Å². The van der Waals surface area contributed by atoms with Crippen LogP contribution in [0.15, 0.2) is 59.1 Å². The maximum atomic E-state index is 12.5. The summed E-state index contributed by atoms with van der Waals surface area (Å²) in [7, 11) is 0. The number of carbonyl (C=O) groups is 1. The average Bonchev–Trinajstić information content (AvgIpc) is 3.50. The molecule has 0 aliphatic carbocycles. The van der Waals surface area contributed by atoms with Gasteiger partial charge in [0.1, 0.15) is 5.75 Å². The van der Waals surface area contributed by atoms with E-state index in [2.05, 4.69) is 39.6 Å². The van der Waals surface area contributed by atoms with Crippen molar-refractivity contribution in [2.75, 3.05) is 11.1 Å². The first-order chi connectivity index (χ1) is 17.0. The molecule has 0 fully saturated rings. The van der Waals surface area contributed by atoms with E-state index in [1.807, 2.05) is 60.2 Å². The van der Waals surface area contributed by atoms with Gasteiger partial charge in [-0.25, -0.2) is 4.98 Å². The number of amides is 1. The van der Waals surface area contributed by atoms with Gasteiger partial charge >= 0.3 is 0 Å². The van der Waals surface area contributed by atoms with Gasteiger partial charge in [0.25, 0.3) is 0 Å². The number of aromatic nitrogens is 4. The number of aryl methyl sites for hydroxylation is 1. The highest BCUT2D eigenvalue weighted by molar-refractivity contribution is 7.99. The van der Waals surface area contributed by atoms with Crippen molar-refractivity contribution in [2.24, 2.45) is 0 Å². The third-order valence-electron chi connectivity index (χ3n) is 5.29. The van der Waals surface area contributed by atoms with Crippen molar-refractivity contribution in [3.8, 4) is 17.0 Å². The van der Waals surface area contributed by atoms with Gasteiger partial charge < -0.3 is 14.6 Å². The van der Waals surface area contributed by atoms with Gasteiger partial charge in [-0.3, -0.25) is 4.79 Å². The van der Waals surface area contributed by atoms with Gasteiger partial charge in [0.05, 0.1) is 11.4 Å². The second-order valence-electron chi connectivity index (χ2n) is 7.72. The number of nitrogens with zero attached hydrogens (tertiary/aromatic N) is 4. The number of ether oxygens (including phenoxy) is 1. The Morgan fingerprint density at radius 2 is 1.89 bits per heavy atom. The average molecular weight is 528 g/mol. The van der Waals surface area contributed by atoms with Crippen LogP contribution in [0.1, 0.15) is 38.3 Å². The Bertz CT molecular complexity index is 1270. The number of nitrogens with one attached hydrogen (secondary N) is 1. The molecule has 2 aromatic carbocycles. The molecule has 35 heavy (non-hydrogen) atoms. The fourth-order valence-electron chi connectivity index (χ4n) is 3.44. The molecule has 0 bridgehead atoms. The van der Waals surface area contributed by atoms with Gasteiger partial charge in [0, 0.05) is 22.5 Å². The minimum atomic E-state index is -0.278. The van der Waals surface area contributed by atoms with Crippen LogP contribution < -0.4 is 10.1 Å². The normalized spacial score (nSPS) is 11.9. The highest BCUT2D eigenvalue weighted by Crippen LogP contribution is 2.27. The number of hydrogen-bond acceptors (Lipinski definition) is 7. The topological polar surface area (TPSA) is 81.9 Å². The van der Waals surface area contributed by atoms with Crippen molar-refractivity contribution in [2.45, 2.75) is 45.0 Å². The molecule has 2 aromatic heterocycles. The van der Waals surface area contributed by atoms with Crippen LogP contribution in [0.2, 0.25) is 5.02 Å². The van der Waals surface area contributed by atoms with E-state index in [-0.39, 0.29) is 17.8 Å². The molecule has 1 N–H and O–H groups in total. The van der Waals surface area contributed by atoms with Crippen LogP contribution in [-0.2, 0) is 17.8 Å². The summed E-state index contributed by atoms with van der Waals surface area (Å²) < 4.78 is 8.06. The third kappa shape index (κ3) is 6.42. The summed E-state index contributed by atoms with van der Waals surface area (Å²) in [4.78, 5) is 17.0. The predicted molar refractivity (Wildman–Crippen MR) is 142 cm³/mol. The van der Waals surface area contributed by atoms with Crippen LogP contribution in [0.4, 0.5) is 5.13 Å². The van der Waals surface area contributed by atoms with Crippen LogP contribution in [0.25, 0.3) is 11.3 Å². The summed E-state index contributed by atoms with van der Waals surface area (Å²) in [6, 6.07) is 15.5. The van der Waals surface area contributed by atoms with Crippen molar-refractivity contribution in [1.29, 1.82) is 0 Å². The lowest BCUT2D eigenvalue weighted by Crippen LogP contribution is -2.15. The van der Waals surface area contributed by atoms with Gasteiger partial charge in [-0.15, -0.1) is 21.5 Å². The van der Waals surface area contributed by atoms with E-state index >= 15 is 0 Å². The summed E-state index contributed by atoms with van der Waals surface area (Å²) in [5, 5.41) is 15.3. The molecule has 4 aromatic rings. The number of hydrogen-bond donors (Lipinski definition) is 1.